The maximum absolute atomic E-state index is 11.7. The molecule has 0 saturated carbocycles. The molecule has 0 radical (unpaired) electrons. The van der Waals surface area contributed by atoms with E-state index in [-0.39, 0.29) is 10.8 Å². The second kappa shape index (κ2) is 3.06. The Morgan fingerprint density at radius 3 is 2.75 bits per heavy atom. The molecule has 16 heavy (non-hydrogen) atoms. The van der Waals surface area contributed by atoms with Gasteiger partial charge in [-0.25, -0.2) is 4.79 Å². The molecular formula is C12H6O4. The summed E-state index contributed by atoms with van der Waals surface area (Å²) in [6, 6.07) is 6.19. The molecule has 0 aliphatic rings. The molecule has 78 valence electrons. The predicted molar refractivity (Wildman–Crippen MR) is 58.5 cm³/mol. The van der Waals surface area contributed by atoms with Crippen molar-refractivity contribution in [3.05, 3.63) is 57.4 Å². The SMILES string of the molecule is O=c1oc2cccc(=O)c2c2ccocc12. The van der Waals surface area contributed by atoms with Crippen LogP contribution in [-0.4, -0.2) is 0 Å². The Kier molecular flexibility index (Phi) is 1.71. The van der Waals surface area contributed by atoms with Gasteiger partial charge in [-0.15, -0.1) is 0 Å². The highest BCUT2D eigenvalue weighted by Gasteiger charge is 2.09. The molecule has 0 unspecified atom stereocenters. The van der Waals surface area contributed by atoms with E-state index >= 15 is 0 Å². The number of benzene rings is 1. The maximum Gasteiger partial charge on any atom is 0.347 e. The molecule has 0 amide bonds. The van der Waals surface area contributed by atoms with Crippen LogP contribution in [0.3, 0.4) is 0 Å². The standard InChI is InChI=1S/C12H6O4/c13-9-2-1-3-10-11(9)7-4-5-15-6-8(7)12(14)16-10/h1-6H. The van der Waals surface area contributed by atoms with E-state index in [9.17, 15) is 9.59 Å². The van der Waals surface area contributed by atoms with E-state index in [4.69, 9.17) is 8.83 Å². The molecule has 0 saturated heterocycles. The molecule has 0 spiro atoms. The summed E-state index contributed by atoms with van der Waals surface area (Å²) in [6.45, 7) is 0. The number of hydrogen-bond donors (Lipinski definition) is 0. The largest absolute Gasteiger partial charge is 0.472 e. The summed E-state index contributed by atoms with van der Waals surface area (Å²) < 4.78 is 9.94. The van der Waals surface area contributed by atoms with Gasteiger partial charge < -0.3 is 8.83 Å². The van der Waals surface area contributed by atoms with Crippen LogP contribution in [0.2, 0.25) is 0 Å². The molecule has 4 nitrogen and oxygen atoms in total. The van der Waals surface area contributed by atoms with E-state index in [1.165, 1.54) is 18.6 Å². The molecule has 2 aromatic heterocycles. The summed E-state index contributed by atoms with van der Waals surface area (Å²) in [6.07, 6.45) is 2.71. The Bertz CT molecular complexity index is 793. The summed E-state index contributed by atoms with van der Waals surface area (Å²) in [7, 11) is 0. The molecular weight excluding hydrogens is 208 g/mol. The molecule has 3 aromatic rings. The van der Waals surface area contributed by atoms with Gasteiger partial charge in [-0.1, -0.05) is 6.07 Å². The van der Waals surface area contributed by atoms with Gasteiger partial charge in [0.05, 0.1) is 11.6 Å². The lowest BCUT2D eigenvalue weighted by Crippen LogP contribution is -2.05. The summed E-state index contributed by atoms with van der Waals surface area (Å²) in [5, 5.41) is 1.24. The molecule has 0 N–H and O–H groups in total. The van der Waals surface area contributed by atoms with E-state index in [1.807, 2.05) is 0 Å². The molecule has 0 bridgehead atoms. The minimum Gasteiger partial charge on any atom is -0.472 e. The highest BCUT2D eigenvalue weighted by molar-refractivity contribution is 6.03. The van der Waals surface area contributed by atoms with Crippen molar-refractivity contribution in [3.63, 3.8) is 0 Å². The fourth-order valence-corrected chi connectivity index (χ4v) is 1.76. The Morgan fingerprint density at radius 1 is 1.00 bits per heavy atom. The van der Waals surface area contributed by atoms with E-state index in [0.717, 1.165) is 0 Å². The van der Waals surface area contributed by atoms with Crippen LogP contribution in [0.15, 0.2) is 55.2 Å². The van der Waals surface area contributed by atoms with Gasteiger partial charge in [0.2, 0.25) is 0 Å². The normalized spacial score (nSPS) is 11.0. The third-order valence-corrected chi connectivity index (χ3v) is 2.47. The zero-order valence-electron chi connectivity index (χ0n) is 8.10. The lowest BCUT2D eigenvalue weighted by atomic mass is 10.1. The Morgan fingerprint density at radius 2 is 1.88 bits per heavy atom. The van der Waals surface area contributed by atoms with Crippen molar-refractivity contribution in [2.45, 2.75) is 0 Å². The number of rotatable bonds is 0. The van der Waals surface area contributed by atoms with Gasteiger partial charge in [-0.05, 0) is 18.2 Å². The van der Waals surface area contributed by atoms with Gasteiger partial charge in [-0.3, -0.25) is 4.79 Å². The van der Waals surface area contributed by atoms with Crippen LogP contribution >= 0.6 is 0 Å². The van der Waals surface area contributed by atoms with Crippen molar-refractivity contribution < 1.29 is 8.83 Å². The van der Waals surface area contributed by atoms with Crippen molar-refractivity contribution in [3.8, 4) is 0 Å². The first kappa shape index (κ1) is 8.91. The highest BCUT2D eigenvalue weighted by atomic mass is 16.4. The van der Waals surface area contributed by atoms with Crippen LogP contribution in [0.4, 0.5) is 0 Å². The van der Waals surface area contributed by atoms with Crippen LogP contribution in [0, 0.1) is 0 Å². The molecule has 4 heteroatoms. The van der Waals surface area contributed by atoms with Gasteiger partial charge >= 0.3 is 5.63 Å². The Labute approximate surface area is 88.7 Å². The van der Waals surface area contributed by atoms with Crippen LogP contribution < -0.4 is 11.1 Å². The third-order valence-electron chi connectivity index (χ3n) is 2.47. The summed E-state index contributed by atoms with van der Waals surface area (Å²) in [5.41, 5.74) is -0.369. The molecule has 0 aliphatic heterocycles. The van der Waals surface area contributed by atoms with Crippen LogP contribution in [0.5, 0.6) is 0 Å². The number of fused-ring (bicyclic) bond motifs is 3. The lowest BCUT2D eigenvalue weighted by molar-refractivity contribution is 0.543. The van der Waals surface area contributed by atoms with Crippen LogP contribution in [0.1, 0.15) is 0 Å². The quantitative estimate of drug-likeness (QED) is 0.423. The Balaban J connectivity index is 2.78. The van der Waals surface area contributed by atoms with Crippen LogP contribution in [-0.2, 0) is 0 Å². The third kappa shape index (κ3) is 1.10. The van der Waals surface area contributed by atoms with Crippen molar-refractivity contribution in [2.24, 2.45) is 0 Å². The summed E-state index contributed by atoms with van der Waals surface area (Å²) >= 11 is 0. The highest BCUT2D eigenvalue weighted by Crippen LogP contribution is 2.18. The molecule has 3 rings (SSSR count). The van der Waals surface area contributed by atoms with Crippen molar-refractivity contribution in [1.29, 1.82) is 0 Å². The molecule has 1 aromatic carbocycles. The van der Waals surface area contributed by atoms with E-state index in [1.54, 1.807) is 18.2 Å². The first-order valence-electron chi connectivity index (χ1n) is 4.69. The van der Waals surface area contributed by atoms with Gasteiger partial charge in [0.15, 0.2) is 5.43 Å². The van der Waals surface area contributed by atoms with E-state index in [0.29, 0.717) is 16.4 Å². The maximum atomic E-state index is 11.7. The smallest absolute Gasteiger partial charge is 0.347 e. The van der Waals surface area contributed by atoms with Gasteiger partial charge in [0, 0.05) is 5.39 Å². The zero-order valence-corrected chi connectivity index (χ0v) is 8.10. The topological polar surface area (TPSA) is 60.4 Å². The molecule has 0 atom stereocenters. The Hall–Kier alpha value is -2.36. The fourth-order valence-electron chi connectivity index (χ4n) is 1.76. The molecule has 2 heterocycles. The predicted octanol–water partition coefficient (Wildman–Crippen LogP) is 1.90. The first-order valence-corrected chi connectivity index (χ1v) is 4.69. The number of hydrogen-bond acceptors (Lipinski definition) is 4. The van der Waals surface area contributed by atoms with Gasteiger partial charge in [0.25, 0.3) is 0 Å². The van der Waals surface area contributed by atoms with E-state index in [2.05, 4.69) is 0 Å². The van der Waals surface area contributed by atoms with Gasteiger partial charge in [-0.2, -0.15) is 0 Å². The monoisotopic (exact) mass is 214 g/mol. The minimum absolute atomic E-state index is 0.169. The zero-order chi connectivity index (χ0) is 11.1. The van der Waals surface area contributed by atoms with Crippen molar-refractivity contribution >= 4 is 21.7 Å². The first-order chi connectivity index (χ1) is 7.77. The fraction of sp³-hybridized carbons (Fsp3) is 0. The van der Waals surface area contributed by atoms with Gasteiger partial charge in [0.1, 0.15) is 17.2 Å². The lowest BCUT2D eigenvalue weighted by Gasteiger charge is -1.99. The molecule has 0 fully saturated rings. The summed E-state index contributed by atoms with van der Waals surface area (Å²) in [4.78, 5) is 23.3. The summed E-state index contributed by atoms with van der Waals surface area (Å²) in [5.74, 6) is 0. The van der Waals surface area contributed by atoms with Crippen molar-refractivity contribution in [2.75, 3.05) is 0 Å². The second-order valence-corrected chi connectivity index (χ2v) is 3.40. The average molecular weight is 214 g/mol. The second-order valence-electron chi connectivity index (χ2n) is 3.40. The van der Waals surface area contributed by atoms with Crippen LogP contribution in [0.25, 0.3) is 21.7 Å². The minimum atomic E-state index is -0.502. The molecule has 0 aliphatic carbocycles. The average Bonchev–Trinajstić information content (AvgIpc) is 2.29. The van der Waals surface area contributed by atoms with Crippen molar-refractivity contribution in [1.82, 2.24) is 0 Å². The van der Waals surface area contributed by atoms with E-state index < -0.39 is 5.63 Å².